The third kappa shape index (κ3) is 7.47. The number of aromatic nitrogens is 2. The summed E-state index contributed by atoms with van der Waals surface area (Å²) in [5.74, 6) is 0.515. The van der Waals surface area contributed by atoms with Gasteiger partial charge in [-0.2, -0.15) is 0 Å². The first-order valence-electron chi connectivity index (χ1n) is 12.3. The van der Waals surface area contributed by atoms with E-state index in [2.05, 4.69) is 32.4 Å². The molecule has 0 atom stereocenters. The average Bonchev–Trinajstić information content (AvgIpc) is 2.86. The Morgan fingerprint density at radius 2 is 1.95 bits per heavy atom. The van der Waals surface area contributed by atoms with Crippen LogP contribution in [0.15, 0.2) is 40.5 Å². The predicted molar refractivity (Wildman–Crippen MR) is 143 cm³/mol. The van der Waals surface area contributed by atoms with E-state index in [4.69, 9.17) is 22.1 Å². The minimum Gasteiger partial charge on any atom is -0.449 e. The third-order valence-corrected chi connectivity index (χ3v) is 8.45. The van der Waals surface area contributed by atoms with E-state index in [1.165, 1.54) is 11.8 Å². The summed E-state index contributed by atoms with van der Waals surface area (Å²) in [5.41, 5.74) is 4.51. The van der Waals surface area contributed by atoms with Crippen molar-refractivity contribution < 1.29 is 19.4 Å². The fraction of sp³-hybridized carbons (Fsp3) is 0.520. The number of carbonyl (C=O) groups is 2. The van der Waals surface area contributed by atoms with E-state index in [0.717, 1.165) is 36.6 Å². The van der Waals surface area contributed by atoms with Crippen molar-refractivity contribution >= 4 is 46.9 Å². The lowest BCUT2D eigenvalue weighted by Gasteiger charge is -2.39. The topological polar surface area (TPSA) is 143 Å². The Balaban J connectivity index is 1.33. The normalized spacial score (nSPS) is 18.7. The minimum absolute atomic E-state index is 0.0309. The number of piperidine rings is 2. The first kappa shape index (κ1) is 27.4. The van der Waals surface area contributed by atoms with Crippen LogP contribution in [0.25, 0.3) is 0 Å². The molecule has 4 rings (SSSR count). The number of aliphatic hydroxyl groups is 1. The van der Waals surface area contributed by atoms with E-state index in [-0.39, 0.29) is 17.7 Å². The van der Waals surface area contributed by atoms with Gasteiger partial charge in [0.05, 0.1) is 41.7 Å². The molecule has 0 spiro atoms. The molecule has 2 aliphatic heterocycles. The van der Waals surface area contributed by atoms with Crippen LogP contribution in [-0.4, -0.2) is 65.5 Å². The number of amides is 2. The second-order valence-corrected chi connectivity index (χ2v) is 11.5. The van der Waals surface area contributed by atoms with Gasteiger partial charge in [0.1, 0.15) is 10.8 Å². The summed E-state index contributed by atoms with van der Waals surface area (Å²) >= 11 is 7.96. The van der Waals surface area contributed by atoms with Gasteiger partial charge in [0.15, 0.2) is 0 Å². The summed E-state index contributed by atoms with van der Waals surface area (Å²) in [6.45, 7) is 5.35. The number of ether oxygens (including phenoxy) is 1. The lowest BCUT2D eigenvalue weighted by molar-refractivity contribution is -0.122. The van der Waals surface area contributed by atoms with Crippen LogP contribution < -0.4 is 21.3 Å². The van der Waals surface area contributed by atoms with Crippen molar-refractivity contribution in [3.63, 3.8) is 0 Å². The zero-order valence-electron chi connectivity index (χ0n) is 20.8. The zero-order valence-corrected chi connectivity index (χ0v) is 22.4. The molecule has 12 heteroatoms. The number of anilines is 2. The monoisotopic (exact) mass is 548 g/mol. The van der Waals surface area contributed by atoms with E-state index in [1.54, 1.807) is 18.5 Å². The third-order valence-electron chi connectivity index (χ3n) is 6.95. The number of hydrogen-bond acceptors (Lipinski definition) is 9. The molecule has 0 saturated carbocycles. The van der Waals surface area contributed by atoms with Gasteiger partial charge in [0.25, 0.3) is 0 Å². The van der Waals surface area contributed by atoms with Gasteiger partial charge < -0.3 is 31.1 Å². The van der Waals surface area contributed by atoms with E-state index in [0.29, 0.717) is 48.3 Å². The summed E-state index contributed by atoms with van der Waals surface area (Å²) in [7, 11) is 0. The van der Waals surface area contributed by atoms with Crippen molar-refractivity contribution in [3.05, 3.63) is 35.6 Å². The number of rotatable bonds is 8. The molecule has 0 unspecified atom stereocenters. The highest BCUT2D eigenvalue weighted by molar-refractivity contribution is 7.99. The fourth-order valence-electron chi connectivity index (χ4n) is 4.55. The molecule has 1 aromatic heterocycles. The van der Waals surface area contributed by atoms with Gasteiger partial charge in [0.2, 0.25) is 5.91 Å². The van der Waals surface area contributed by atoms with Gasteiger partial charge in [-0.25, -0.2) is 14.8 Å². The molecule has 200 valence electrons. The smallest absolute Gasteiger partial charge is 0.404 e. The number of hydrogen-bond donors (Lipinski definition) is 4. The minimum atomic E-state index is -0.990. The van der Waals surface area contributed by atoms with Crippen molar-refractivity contribution in [2.24, 2.45) is 11.1 Å². The summed E-state index contributed by atoms with van der Waals surface area (Å²) in [5, 5.41) is 17.8. The molecule has 37 heavy (non-hydrogen) atoms. The van der Waals surface area contributed by atoms with Gasteiger partial charge in [-0.3, -0.25) is 4.79 Å². The molecule has 5 N–H and O–H groups in total. The summed E-state index contributed by atoms with van der Waals surface area (Å²) < 4.78 is 5.02. The van der Waals surface area contributed by atoms with E-state index < -0.39 is 11.7 Å². The largest absolute Gasteiger partial charge is 0.449 e. The maximum absolute atomic E-state index is 12.6. The lowest BCUT2D eigenvalue weighted by atomic mass is 9.81. The number of benzene rings is 1. The van der Waals surface area contributed by atoms with Crippen molar-refractivity contribution in [1.29, 1.82) is 0 Å². The zero-order chi connectivity index (χ0) is 26.5. The van der Waals surface area contributed by atoms with E-state index in [9.17, 15) is 14.7 Å². The molecule has 10 nitrogen and oxygen atoms in total. The van der Waals surface area contributed by atoms with Crippen LogP contribution in [-0.2, 0) is 9.53 Å². The lowest BCUT2D eigenvalue weighted by Crippen LogP contribution is -2.44. The van der Waals surface area contributed by atoms with Crippen LogP contribution in [0.2, 0.25) is 5.02 Å². The molecule has 2 amide bonds. The maximum Gasteiger partial charge on any atom is 0.404 e. The molecular weight excluding hydrogens is 516 g/mol. The number of halogens is 1. The second-order valence-electron chi connectivity index (χ2n) is 10.0. The Labute approximate surface area is 225 Å². The van der Waals surface area contributed by atoms with Gasteiger partial charge in [-0.15, -0.1) is 0 Å². The molecule has 0 aliphatic carbocycles. The highest BCUT2D eigenvalue weighted by Crippen LogP contribution is 2.37. The Morgan fingerprint density at radius 3 is 2.59 bits per heavy atom. The number of primary amides is 1. The van der Waals surface area contributed by atoms with Crippen LogP contribution >= 0.6 is 23.4 Å². The highest BCUT2D eigenvalue weighted by Gasteiger charge is 2.33. The molecule has 2 fully saturated rings. The Kier molecular flexibility index (Phi) is 8.79. The number of nitrogens with zero attached hydrogens (tertiary/aromatic N) is 3. The summed E-state index contributed by atoms with van der Waals surface area (Å²) in [6.07, 6.45) is 5.51. The standard InChI is InChI=1S/C25H33ClN6O4S/c1-24(16-36-23(27)34)7-11-32(12-8-24)19-14-30-21(15-29-19)37-18-4-2-3-17(22(18)26)31-20(33)13-25(35)5-9-28-10-6-25/h2-4,14-15,28,35H,5-13,16H2,1H3,(H2,27,34)(H,31,33). The molecule has 2 aliphatic rings. The molecule has 2 aromatic rings. The SMILES string of the molecule is CC1(COC(N)=O)CCN(c2cnc(Sc3cccc(NC(=O)CC4(O)CCNCC4)c3Cl)cn2)CC1. The maximum atomic E-state index is 12.6. The van der Waals surface area contributed by atoms with Crippen molar-refractivity contribution in [3.8, 4) is 0 Å². The van der Waals surface area contributed by atoms with Crippen molar-refractivity contribution in [1.82, 2.24) is 15.3 Å². The number of nitrogens with two attached hydrogens (primary N) is 1. The molecule has 2 saturated heterocycles. The second kappa shape index (κ2) is 11.8. The fourth-order valence-corrected chi connectivity index (χ4v) is 5.62. The first-order chi connectivity index (χ1) is 17.6. The van der Waals surface area contributed by atoms with Crippen LogP contribution in [0.3, 0.4) is 0 Å². The molecular formula is C25H33ClN6O4S. The van der Waals surface area contributed by atoms with E-state index in [1.807, 2.05) is 12.1 Å². The van der Waals surface area contributed by atoms with Crippen LogP contribution in [0.4, 0.5) is 16.3 Å². The van der Waals surface area contributed by atoms with Gasteiger partial charge in [-0.1, -0.05) is 36.4 Å². The van der Waals surface area contributed by atoms with Crippen molar-refractivity contribution in [2.75, 3.05) is 43.0 Å². The number of nitrogens with one attached hydrogen (secondary N) is 2. The Hall–Kier alpha value is -2.60. The molecule has 0 bridgehead atoms. The summed E-state index contributed by atoms with van der Waals surface area (Å²) in [6, 6.07) is 5.42. The van der Waals surface area contributed by atoms with Crippen molar-refractivity contribution in [2.45, 2.75) is 54.6 Å². The molecule has 1 aromatic carbocycles. The van der Waals surface area contributed by atoms with Crippen LogP contribution in [0.1, 0.15) is 39.0 Å². The highest BCUT2D eigenvalue weighted by atomic mass is 35.5. The first-order valence-corrected chi connectivity index (χ1v) is 13.5. The van der Waals surface area contributed by atoms with Crippen LogP contribution in [0, 0.1) is 5.41 Å². The number of carbonyl (C=O) groups excluding carboxylic acids is 2. The summed E-state index contributed by atoms with van der Waals surface area (Å²) in [4.78, 5) is 35.6. The van der Waals surface area contributed by atoms with E-state index >= 15 is 0 Å². The quantitative estimate of drug-likeness (QED) is 0.390. The Morgan fingerprint density at radius 1 is 1.22 bits per heavy atom. The van der Waals surface area contributed by atoms with Gasteiger partial charge in [0, 0.05) is 23.4 Å². The van der Waals surface area contributed by atoms with Crippen LogP contribution in [0.5, 0.6) is 0 Å². The predicted octanol–water partition coefficient (Wildman–Crippen LogP) is 3.43. The van der Waals surface area contributed by atoms with Gasteiger partial charge >= 0.3 is 6.09 Å². The van der Waals surface area contributed by atoms with Gasteiger partial charge in [-0.05, 0) is 50.9 Å². The average molecular weight is 549 g/mol. The molecule has 3 heterocycles. The Bertz CT molecular complexity index is 1100. The molecule has 0 radical (unpaired) electrons.